The van der Waals surface area contributed by atoms with Crippen molar-refractivity contribution in [3.05, 3.63) is 46.4 Å². The minimum absolute atomic E-state index is 0. The first-order valence-corrected chi connectivity index (χ1v) is 9.66. The van der Waals surface area contributed by atoms with Gasteiger partial charge in [-0.1, -0.05) is 18.2 Å². The van der Waals surface area contributed by atoms with Crippen molar-refractivity contribution in [2.24, 2.45) is 10.9 Å². The Morgan fingerprint density at radius 1 is 1.38 bits per heavy atom. The highest BCUT2D eigenvalue weighted by molar-refractivity contribution is 14.0. The first-order valence-electron chi connectivity index (χ1n) is 8.78. The van der Waals surface area contributed by atoms with Gasteiger partial charge in [0.15, 0.2) is 5.96 Å². The summed E-state index contributed by atoms with van der Waals surface area (Å²) in [5.74, 6) is 1.58. The number of para-hydroxylation sites is 1. The minimum Gasteiger partial charge on any atom is -0.371 e. The summed E-state index contributed by atoms with van der Waals surface area (Å²) in [4.78, 5) is 13.6. The molecular formula is C19H28IN5S. The maximum Gasteiger partial charge on any atom is 0.193 e. The van der Waals surface area contributed by atoms with Crippen molar-refractivity contribution >= 4 is 47.0 Å². The largest absolute Gasteiger partial charge is 0.371 e. The molecule has 0 aliphatic carbocycles. The monoisotopic (exact) mass is 485 g/mol. The van der Waals surface area contributed by atoms with Crippen LogP contribution in [0.4, 0.5) is 5.69 Å². The highest BCUT2D eigenvalue weighted by atomic mass is 127. The van der Waals surface area contributed by atoms with E-state index in [2.05, 4.69) is 67.9 Å². The van der Waals surface area contributed by atoms with Gasteiger partial charge in [0.2, 0.25) is 0 Å². The molecule has 2 heterocycles. The van der Waals surface area contributed by atoms with Gasteiger partial charge in [0.1, 0.15) is 0 Å². The Morgan fingerprint density at radius 2 is 2.15 bits per heavy atom. The second kappa shape index (κ2) is 10.1. The maximum absolute atomic E-state index is 4.54. The quantitative estimate of drug-likeness (QED) is 0.400. The van der Waals surface area contributed by atoms with Crippen LogP contribution in [0.1, 0.15) is 17.1 Å². The molecule has 0 amide bonds. The molecule has 26 heavy (non-hydrogen) atoms. The smallest absolute Gasteiger partial charge is 0.193 e. The zero-order valence-electron chi connectivity index (χ0n) is 15.7. The maximum atomic E-state index is 4.54. The number of hydrogen-bond donors (Lipinski definition) is 1. The minimum atomic E-state index is 0. The van der Waals surface area contributed by atoms with Crippen LogP contribution >= 0.6 is 35.3 Å². The summed E-state index contributed by atoms with van der Waals surface area (Å²) in [5, 5.41) is 6.76. The lowest BCUT2D eigenvalue weighted by atomic mass is 10.1. The Morgan fingerprint density at radius 3 is 2.81 bits per heavy atom. The van der Waals surface area contributed by atoms with Gasteiger partial charge in [-0.3, -0.25) is 4.99 Å². The van der Waals surface area contributed by atoms with Crippen LogP contribution < -0.4 is 10.2 Å². The van der Waals surface area contributed by atoms with Crippen molar-refractivity contribution < 1.29 is 0 Å². The van der Waals surface area contributed by atoms with Crippen LogP contribution in [0.5, 0.6) is 0 Å². The van der Waals surface area contributed by atoms with Crippen LogP contribution in [0.25, 0.3) is 0 Å². The van der Waals surface area contributed by atoms with Gasteiger partial charge in [0.25, 0.3) is 0 Å². The van der Waals surface area contributed by atoms with E-state index < -0.39 is 0 Å². The molecule has 1 aromatic heterocycles. The van der Waals surface area contributed by atoms with Gasteiger partial charge in [-0.15, -0.1) is 35.3 Å². The van der Waals surface area contributed by atoms with Gasteiger partial charge in [-0.25, -0.2) is 4.98 Å². The third-order valence-electron chi connectivity index (χ3n) is 4.60. The van der Waals surface area contributed by atoms with Crippen LogP contribution in [0.2, 0.25) is 0 Å². The van der Waals surface area contributed by atoms with Crippen molar-refractivity contribution in [3.8, 4) is 0 Å². The highest BCUT2D eigenvalue weighted by Gasteiger charge is 2.23. The van der Waals surface area contributed by atoms with Crippen LogP contribution in [-0.2, 0) is 6.54 Å². The van der Waals surface area contributed by atoms with Gasteiger partial charge < -0.3 is 15.1 Å². The van der Waals surface area contributed by atoms with E-state index >= 15 is 0 Å². The highest BCUT2D eigenvalue weighted by Crippen LogP contribution is 2.23. The van der Waals surface area contributed by atoms with Gasteiger partial charge >= 0.3 is 0 Å². The zero-order valence-corrected chi connectivity index (χ0v) is 18.8. The molecule has 5 nitrogen and oxygen atoms in total. The van der Waals surface area contributed by atoms with E-state index in [9.17, 15) is 0 Å². The van der Waals surface area contributed by atoms with Crippen molar-refractivity contribution in [2.45, 2.75) is 19.9 Å². The third kappa shape index (κ3) is 5.57. The van der Waals surface area contributed by atoms with Gasteiger partial charge in [-0.05, 0) is 31.4 Å². The van der Waals surface area contributed by atoms with E-state index in [1.807, 2.05) is 14.0 Å². The molecule has 3 rings (SSSR count). The Hall–Kier alpha value is -1.35. The first-order chi connectivity index (χ1) is 12.2. The summed E-state index contributed by atoms with van der Waals surface area (Å²) >= 11 is 1.69. The molecule has 1 fully saturated rings. The normalized spacial score (nSPS) is 17.1. The molecule has 1 aromatic carbocycles. The summed E-state index contributed by atoms with van der Waals surface area (Å²) in [5.41, 5.74) is 2.43. The van der Waals surface area contributed by atoms with Crippen LogP contribution in [-0.4, -0.2) is 49.6 Å². The van der Waals surface area contributed by atoms with Crippen molar-refractivity contribution in [2.75, 3.05) is 38.6 Å². The molecular weight excluding hydrogens is 457 g/mol. The SMILES string of the molecule is CN=C(NCC1CCN(c2ccccc2)C1)N(C)Cc1csc(C)n1.I. The third-order valence-corrected chi connectivity index (χ3v) is 5.42. The lowest BCUT2D eigenvalue weighted by Crippen LogP contribution is -2.41. The molecule has 7 heteroatoms. The fourth-order valence-electron chi connectivity index (χ4n) is 3.29. The molecule has 1 aliphatic heterocycles. The lowest BCUT2D eigenvalue weighted by Gasteiger charge is -2.23. The van der Waals surface area contributed by atoms with Gasteiger partial charge in [-0.2, -0.15) is 0 Å². The Balaban J connectivity index is 0.00000243. The van der Waals surface area contributed by atoms with E-state index in [0.29, 0.717) is 5.92 Å². The van der Waals surface area contributed by atoms with Crippen LogP contribution in [0, 0.1) is 12.8 Å². The predicted molar refractivity (Wildman–Crippen MR) is 122 cm³/mol. The average Bonchev–Trinajstić information content (AvgIpc) is 3.25. The number of guanidine groups is 1. The molecule has 1 N–H and O–H groups in total. The van der Waals surface area contributed by atoms with E-state index in [1.165, 1.54) is 12.1 Å². The molecule has 1 unspecified atom stereocenters. The van der Waals surface area contributed by atoms with Crippen molar-refractivity contribution in [3.63, 3.8) is 0 Å². The number of halogens is 1. The Bertz CT molecular complexity index is 703. The molecule has 0 radical (unpaired) electrons. The molecule has 0 spiro atoms. The van der Waals surface area contributed by atoms with E-state index in [4.69, 9.17) is 0 Å². The first kappa shape index (κ1) is 21.0. The predicted octanol–water partition coefficient (Wildman–Crippen LogP) is 3.60. The van der Waals surface area contributed by atoms with Gasteiger partial charge in [0.05, 0.1) is 17.2 Å². The molecule has 0 saturated carbocycles. The summed E-state index contributed by atoms with van der Waals surface area (Å²) in [6, 6.07) is 10.7. The second-order valence-electron chi connectivity index (χ2n) is 6.58. The fraction of sp³-hybridized carbons (Fsp3) is 0.474. The molecule has 1 aliphatic rings. The van der Waals surface area contributed by atoms with E-state index in [1.54, 1.807) is 11.3 Å². The number of nitrogens with one attached hydrogen (secondary N) is 1. The molecule has 0 bridgehead atoms. The molecule has 1 saturated heterocycles. The topological polar surface area (TPSA) is 43.8 Å². The lowest BCUT2D eigenvalue weighted by molar-refractivity contribution is 0.458. The summed E-state index contributed by atoms with van der Waals surface area (Å²) < 4.78 is 0. The standard InChI is InChI=1S/C19H27N5S.HI/c1-15-22-17(14-25-15)13-23(3)19(20-2)21-11-16-9-10-24(12-16)18-7-5-4-6-8-18;/h4-8,14,16H,9-13H2,1-3H3,(H,20,21);1H. The number of nitrogens with zero attached hydrogens (tertiary/aromatic N) is 4. The number of hydrogen-bond acceptors (Lipinski definition) is 4. The van der Waals surface area contributed by atoms with E-state index in [-0.39, 0.29) is 24.0 Å². The van der Waals surface area contributed by atoms with Crippen molar-refractivity contribution in [1.82, 2.24) is 15.2 Å². The molecule has 2 aromatic rings. The Labute approximate surface area is 177 Å². The van der Waals surface area contributed by atoms with Crippen LogP contribution in [0.3, 0.4) is 0 Å². The van der Waals surface area contributed by atoms with Crippen LogP contribution in [0.15, 0.2) is 40.7 Å². The number of aliphatic imine (C=N–C) groups is 1. The average molecular weight is 485 g/mol. The second-order valence-corrected chi connectivity index (χ2v) is 7.64. The molecule has 142 valence electrons. The number of thiazole rings is 1. The number of anilines is 1. The van der Waals surface area contributed by atoms with Gasteiger partial charge in [0, 0.05) is 44.8 Å². The number of aryl methyl sites for hydroxylation is 1. The summed E-state index contributed by atoms with van der Waals surface area (Å²) in [6.07, 6.45) is 1.22. The zero-order chi connectivity index (χ0) is 17.6. The number of benzene rings is 1. The van der Waals surface area contributed by atoms with Crippen molar-refractivity contribution in [1.29, 1.82) is 0 Å². The summed E-state index contributed by atoms with van der Waals surface area (Å²) in [7, 11) is 3.91. The Kier molecular flexibility index (Phi) is 8.15. The fourth-order valence-corrected chi connectivity index (χ4v) is 3.90. The van der Waals surface area contributed by atoms with E-state index in [0.717, 1.165) is 42.8 Å². The summed E-state index contributed by atoms with van der Waals surface area (Å²) in [6.45, 7) is 6.01. The number of aromatic nitrogens is 1. The molecule has 1 atom stereocenters. The number of rotatable bonds is 5.